The zero-order valence-electron chi connectivity index (χ0n) is 9.82. The zero-order chi connectivity index (χ0) is 12.1. The molecule has 0 bridgehead atoms. The third-order valence-corrected chi connectivity index (χ3v) is 3.15. The molecule has 0 aliphatic carbocycles. The number of hydrogen-bond acceptors (Lipinski definition) is 3. The predicted octanol–water partition coefficient (Wildman–Crippen LogP) is 0.354. The van der Waals surface area contributed by atoms with Gasteiger partial charge < -0.3 is 15.7 Å². The predicted molar refractivity (Wildman–Crippen MR) is 60.0 cm³/mol. The number of amides is 1. The Morgan fingerprint density at radius 2 is 2.25 bits per heavy atom. The summed E-state index contributed by atoms with van der Waals surface area (Å²) in [7, 11) is 0. The molecule has 0 saturated carbocycles. The number of carbonyl (C=O) groups is 2. The standard InChI is InChI=1S/C11H20N2O3/c1-3-7(2)9(11(15)16)13-10(14)8-5-4-6-12-8/h7-9,12H,3-6H2,1-2H3,(H,13,14)(H,15,16)/t7?,8-,9?/m1/s1. The van der Waals surface area contributed by atoms with Gasteiger partial charge in [0.2, 0.25) is 5.91 Å². The fourth-order valence-electron chi connectivity index (χ4n) is 1.85. The molecule has 2 unspecified atom stereocenters. The van der Waals surface area contributed by atoms with E-state index < -0.39 is 12.0 Å². The zero-order valence-corrected chi connectivity index (χ0v) is 9.82. The van der Waals surface area contributed by atoms with Gasteiger partial charge >= 0.3 is 5.97 Å². The van der Waals surface area contributed by atoms with Crippen molar-refractivity contribution in [3.63, 3.8) is 0 Å². The van der Waals surface area contributed by atoms with Crippen LogP contribution in [-0.4, -0.2) is 35.6 Å². The summed E-state index contributed by atoms with van der Waals surface area (Å²) < 4.78 is 0. The first-order valence-corrected chi connectivity index (χ1v) is 5.82. The lowest BCUT2D eigenvalue weighted by Crippen LogP contribution is -2.50. The van der Waals surface area contributed by atoms with Crippen LogP contribution in [0.15, 0.2) is 0 Å². The molecule has 16 heavy (non-hydrogen) atoms. The van der Waals surface area contributed by atoms with Crippen molar-refractivity contribution in [2.75, 3.05) is 6.54 Å². The summed E-state index contributed by atoms with van der Waals surface area (Å²) in [5.41, 5.74) is 0. The Morgan fingerprint density at radius 1 is 1.56 bits per heavy atom. The summed E-state index contributed by atoms with van der Waals surface area (Å²) in [6.07, 6.45) is 2.49. The Bertz CT molecular complexity index is 262. The van der Waals surface area contributed by atoms with E-state index in [1.165, 1.54) is 0 Å². The van der Waals surface area contributed by atoms with Gasteiger partial charge in [0, 0.05) is 0 Å². The van der Waals surface area contributed by atoms with Gasteiger partial charge in [-0.1, -0.05) is 20.3 Å². The highest BCUT2D eigenvalue weighted by molar-refractivity contribution is 5.87. The van der Waals surface area contributed by atoms with Crippen LogP contribution < -0.4 is 10.6 Å². The molecule has 1 rings (SSSR count). The van der Waals surface area contributed by atoms with Crippen molar-refractivity contribution in [1.82, 2.24) is 10.6 Å². The summed E-state index contributed by atoms with van der Waals surface area (Å²) in [6.45, 7) is 4.58. The molecule has 3 atom stereocenters. The first-order valence-electron chi connectivity index (χ1n) is 5.82. The van der Waals surface area contributed by atoms with Crippen LogP contribution in [0.4, 0.5) is 0 Å². The molecule has 0 aromatic carbocycles. The minimum Gasteiger partial charge on any atom is -0.480 e. The van der Waals surface area contributed by atoms with Crippen molar-refractivity contribution in [2.24, 2.45) is 5.92 Å². The topological polar surface area (TPSA) is 78.4 Å². The molecule has 1 aliphatic rings. The van der Waals surface area contributed by atoms with E-state index in [2.05, 4.69) is 10.6 Å². The van der Waals surface area contributed by atoms with Gasteiger partial charge in [0.05, 0.1) is 6.04 Å². The summed E-state index contributed by atoms with van der Waals surface area (Å²) in [5, 5.41) is 14.7. The van der Waals surface area contributed by atoms with Crippen molar-refractivity contribution in [1.29, 1.82) is 0 Å². The summed E-state index contributed by atoms with van der Waals surface area (Å²) >= 11 is 0. The normalized spacial score (nSPS) is 23.8. The summed E-state index contributed by atoms with van der Waals surface area (Å²) in [6, 6.07) is -0.995. The van der Waals surface area contributed by atoms with Crippen molar-refractivity contribution >= 4 is 11.9 Å². The maximum atomic E-state index is 11.7. The Hall–Kier alpha value is -1.10. The van der Waals surface area contributed by atoms with Gasteiger partial charge in [-0.25, -0.2) is 4.79 Å². The minimum atomic E-state index is -0.958. The van der Waals surface area contributed by atoms with Crippen molar-refractivity contribution in [3.05, 3.63) is 0 Å². The molecule has 3 N–H and O–H groups in total. The van der Waals surface area contributed by atoms with E-state index >= 15 is 0 Å². The lowest BCUT2D eigenvalue weighted by Gasteiger charge is -2.22. The van der Waals surface area contributed by atoms with E-state index in [0.717, 1.165) is 25.8 Å². The lowest BCUT2D eigenvalue weighted by molar-refractivity contribution is -0.143. The molecule has 1 fully saturated rings. The van der Waals surface area contributed by atoms with E-state index in [4.69, 9.17) is 5.11 Å². The first kappa shape index (κ1) is 13.0. The number of carboxylic acid groups (broad SMARTS) is 1. The Kier molecular flexibility index (Phi) is 4.73. The van der Waals surface area contributed by atoms with Crippen LogP contribution in [0.3, 0.4) is 0 Å². The second-order valence-corrected chi connectivity index (χ2v) is 4.36. The van der Waals surface area contributed by atoms with Gasteiger partial charge in [-0.3, -0.25) is 4.79 Å². The van der Waals surface area contributed by atoms with Crippen LogP contribution in [0.2, 0.25) is 0 Å². The van der Waals surface area contributed by atoms with Crippen molar-refractivity contribution < 1.29 is 14.7 Å². The molecule has 1 aliphatic heterocycles. The number of carbonyl (C=O) groups excluding carboxylic acids is 1. The average Bonchev–Trinajstić information content (AvgIpc) is 2.77. The van der Waals surface area contributed by atoms with E-state index in [9.17, 15) is 9.59 Å². The fourth-order valence-corrected chi connectivity index (χ4v) is 1.85. The van der Waals surface area contributed by atoms with Gasteiger partial charge in [-0.05, 0) is 25.3 Å². The highest BCUT2D eigenvalue weighted by Crippen LogP contribution is 2.10. The quantitative estimate of drug-likeness (QED) is 0.634. The van der Waals surface area contributed by atoms with E-state index in [1.807, 2.05) is 13.8 Å². The van der Waals surface area contributed by atoms with Crippen molar-refractivity contribution in [3.8, 4) is 0 Å². The monoisotopic (exact) mass is 228 g/mol. The third-order valence-electron chi connectivity index (χ3n) is 3.15. The molecule has 0 radical (unpaired) electrons. The van der Waals surface area contributed by atoms with Gasteiger partial charge in [-0.15, -0.1) is 0 Å². The molecule has 5 heteroatoms. The molecule has 1 amide bonds. The second kappa shape index (κ2) is 5.84. The van der Waals surface area contributed by atoms with Crippen LogP contribution in [0.1, 0.15) is 33.1 Å². The smallest absolute Gasteiger partial charge is 0.326 e. The van der Waals surface area contributed by atoms with Crippen LogP contribution in [0.25, 0.3) is 0 Å². The molecule has 0 spiro atoms. The highest BCUT2D eigenvalue weighted by atomic mass is 16.4. The molecular formula is C11H20N2O3. The van der Waals surface area contributed by atoms with E-state index in [0.29, 0.717) is 0 Å². The largest absolute Gasteiger partial charge is 0.480 e. The van der Waals surface area contributed by atoms with Gasteiger partial charge in [0.25, 0.3) is 0 Å². The van der Waals surface area contributed by atoms with Crippen molar-refractivity contribution in [2.45, 2.75) is 45.2 Å². The minimum absolute atomic E-state index is 0.0529. The molecular weight excluding hydrogens is 208 g/mol. The Balaban J connectivity index is 2.53. The van der Waals surface area contributed by atoms with Gasteiger partial charge in [0.15, 0.2) is 0 Å². The van der Waals surface area contributed by atoms with Crippen LogP contribution >= 0.6 is 0 Å². The highest BCUT2D eigenvalue weighted by Gasteiger charge is 2.29. The molecule has 0 aromatic rings. The third kappa shape index (κ3) is 3.20. The van der Waals surface area contributed by atoms with Crippen LogP contribution in [-0.2, 0) is 9.59 Å². The number of nitrogens with one attached hydrogen (secondary N) is 2. The number of rotatable bonds is 5. The summed E-state index contributed by atoms with van der Waals surface area (Å²) in [4.78, 5) is 22.8. The maximum Gasteiger partial charge on any atom is 0.326 e. The van der Waals surface area contributed by atoms with Gasteiger partial charge in [-0.2, -0.15) is 0 Å². The van der Waals surface area contributed by atoms with E-state index in [-0.39, 0.29) is 17.9 Å². The Morgan fingerprint density at radius 3 is 2.69 bits per heavy atom. The van der Waals surface area contributed by atoms with Crippen LogP contribution in [0, 0.1) is 5.92 Å². The number of aliphatic carboxylic acids is 1. The molecule has 1 heterocycles. The molecule has 5 nitrogen and oxygen atoms in total. The first-order chi connectivity index (χ1) is 7.56. The van der Waals surface area contributed by atoms with Crippen LogP contribution in [0.5, 0.6) is 0 Å². The number of carboxylic acids is 1. The van der Waals surface area contributed by atoms with Gasteiger partial charge in [0.1, 0.15) is 6.04 Å². The molecule has 1 saturated heterocycles. The SMILES string of the molecule is CCC(C)C(NC(=O)[C@H]1CCCN1)C(=O)O. The second-order valence-electron chi connectivity index (χ2n) is 4.36. The Labute approximate surface area is 95.6 Å². The maximum absolute atomic E-state index is 11.7. The van der Waals surface area contributed by atoms with E-state index in [1.54, 1.807) is 0 Å². The summed E-state index contributed by atoms with van der Waals surface area (Å²) in [5.74, 6) is -1.20. The molecule has 92 valence electrons. The lowest BCUT2D eigenvalue weighted by atomic mass is 9.99. The fraction of sp³-hybridized carbons (Fsp3) is 0.818. The average molecular weight is 228 g/mol. The molecule has 0 aromatic heterocycles. The number of hydrogen-bond donors (Lipinski definition) is 3.